The van der Waals surface area contributed by atoms with E-state index in [4.69, 9.17) is 4.18 Å². The molecule has 1 aromatic carbocycles. The summed E-state index contributed by atoms with van der Waals surface area (Å²) < 4.78 is 16.0. The fourth-order valence-electron chi connectivity index (χ4n) is 1.17. The van der Waals surface area contributed by atoms with E-state index in [1.807, 2.05) is 25.1 Å². The van der Waals surface area contributed by atoms with E-state index in [-0.39, 0.29) is 0 Å². The minimum atomic E-state index is -1.14. The van der Waals surface area contributed by atoms with E-state index in [2.05, 4.69) is 17.4 Å². The van der Waals surface area contributed by atoms with Gasteiger partial charge in [-0.05, 0) is 12.5 Å². The third kappa shape index (κ3) is 5.67. The Balaban J connectivity index is 2.10. The molecular weight excluding hydrogens is 210 g/mol. The molecule has 1 atom stereocenters. The molecule has 0 amide bonds. The van der Waals surface area contributed by atoms with Crippen molar-refractivity contribution >= 4 is 11.1 Å². The molecule has 0 radical (unpaired) electrons. The van der Waals surface area contributed by atoms with Crippen LogP contribution in [0.4, 0.5) is 0 Å². The summed E-state index contributed by atoms with van der Waals surface area (Å²) in [5.74, 6) is 0.542. The van der Waals surface area contributed by atoms with Gasteiger partial charge in [0.25, 0.3) is 0 Å². The lowest BCUT2D eigenvalue weighted by molar-refractivity contribution is 0.371. The largest absolute Gasteiger partial charge is 0.312 e. The second-order valence-electron chi connectivity index (χ2n) is 3.08. The lowest BCUT2D eigenvalue weighted by Crippen LogP contribution is -2.20. The molecule has 0 aliphatic carbocycles. The highest BCUT2D eigenvalue weighted by Crippen LogP contribution is 1.96. The summed E-state index contributed by atoms with van der Waals surface area (Å²) in [5, 5.41) is 3.22. The van der Waals surface area contributed by atoms with Crippen LogP contribution in [0.3, 0.4) is 0 Å². The standard InChI is InChI=1S/C11H17NO2S/c1-2-14-15(13)9-8-12-10-11-6-4-3-5-7-11/h3-7,12H,2,8-10H2,1H3. The Morgan fingerprint density at radius 2 is 2.07 bits per heavy atom. The zero-order chi connectivity index (χ0) is 10.9. The number of hydrogen-bond donors (Lipinski definition) is 1. The maximum Gasteiger partial charge on any atom is 0.156 e. The third-order valence-electron chi connectivity index (χ3n) is 1.87. The van der Waals surface area contributed by atoms with E-state index in [9.17, 15) is 4.21 Å². The van der Waals surface area contributed by atoms with Gasteiger partial charge in [0, 0.05) is 13.1 Å². The number of hydrogen-bond acceptors (Lipinski definition) is 3. The summed E-state index contributed by atoms with van der Waals surface area (Å²) in [7, 11) is 0. The summed E-state index contributed by atoms with van der Waals surface area (Å²) in [6.45, 7) is 3.87. The summed E-state index contributed by atoms with van der Waals surface area (Å²) in [6.07, 6.45) is 0. The van der Waals surface area contributed by atoms with E-state index in [0.29, 0.717) is 18.9 Å². The van der Waals surface area contributed by atoms with Gasteiger partial charge in [0.2, 0.25) is 0 Å². The first-order valence-electron chi connectivity index (χ1n) is 5.09. The summed E-state index contributed by atoms with van der Waals surface area (Å²) in [6, 6.07) is 10.1. The summed E-state index contributed by atoms with van der Waals surface area (Å²) in [4.78, 5) is 0. The fourth-order valence-corrected chi connectivity index (χ4v) is 1.87. The van der Waals surface area contributed by atoms with Crippen LogP contribution >= 0.6 is 0 Å². The van der Waals surface area contributed by atoms with Crippen LogP contribution in [0.5, 0.6) is 0 Å². The Hall–Kier alpha value is -0.710. The number of nitrogens with one attached hydrogen (secondary N) is 1. The lowest BCUT2D eigenvalue weighted by Gasteiger charge is -2.04. The highest BCUT2D eigenvalue weighted by Gasteiger charge is 1.97. The smallest absolute Gasteiger partial charge is 0.156 e. The van der Waals surface area contributed by atoms with Crippen LogP contribution in [0, 0.1) is 0 Å². The van der Waals surface area contributed by atoms with Crippen molar-refractivity contribution in [3.05, 3.63) is 35.9 Å². The molecule has 3 nitrogen and oxygen atoms in total. The van der Waals surface area contributed by atoms with Crippen LogP contribution in [-0.4, -0.2) is 23.1 Å². The minimum Gasteiger partial charge on any atom is -0.312 e. The van der Waals surface area contributed by atoms with Crippen LogP contribution in [0.1, 0.15) is 12.5 Å². The minimum absolute atomic E-state index is 0.505. The molecule has 0 aliphatic rings. The van der Waals surface area contributed by atoms with Gasteiger partial charge in [0.1, 0.15) is 0 Å². The van der Waals surface area contributed by atoms with Gasteiger partial charge in [-0.2, -0.15) is 0 Å². The van der Waals surface area contributed by atoms with Gasteiger partial charge in [-0.3, -0.25) is 4.18 Å². The zero-order valence-corrected chi connectivity index (χ0v) is 9.76. The molecule has 1 N–H and O–H groups in total. The van der Waals surface area contributed by atoms with Crippen molar-refractivity contribution in [2.75, 3.05) is 18.9 Å². The van der Waals surface area contributed by atoms with Crippen molar-refractivity contribution < 1.29 is 8.39 Å². The Bertz CT molecular complexity index is 290. The average Bonchev–Trinajstić information content (AvgIpc) is 2.26. The molecule has 0 bridgehead atoms. The van der Waals surface area contributed by atoms with Gasteiger partial charge in [0.15, 0.2) is 11.1 Å². The Morgan fingerprint density at radius 1 is 1.33 bits per heavy atom. The van der Waals surface area contributed by atoms with Crippen molar-refractivity contribution in [3.63, 3.8) is 0 Å². The second kappa shape index (κ2) is 7.56. The van der Waals surface area contributed by atoms with Gasteiger partial charge < -0.3 is 5.32 Å². The molecule has 0 saturated carbocycles. The monoisotopic (exact) mass is 227 g/mol. The highest BCUT2D eigenvalue weighted by atomic mass is 32.2. The Labute approximate surface area is 93.5 Å². The third-order valence-corrected chi connectivity index (χ3v) is 2.90. The normalized spacial score (nSPS) is 12.6. The van der Waals surface area contributed by atoms with E-state index in [0.717, 1.165) is 6.54 Å². The molecular formula is C11H17NO2S. The van der Waals surface area contributed by atoms with Crippen molar-refractivity contribution in [1.82, 2.24) is 5.32 Å². The lowest BCUT2D eigenvalue weighted by atomic mass is 10.2. The molecule has 1 aromatic rings. The molecule has 0 aliphatic heterocycles. The van der Waals surface area contributed by atoms with Crippen LogP contribution in [0.15, 0.2) is 30.3 Å². The van der Waals surface area contributed by atoms with Gasteiger partial charge in [-0.25, -0.2) is 4.21 Å². The molecule has 15 heavy (non-hydrogen) atoms. The molecule has 0 spiro atoms. The van der Waals surface area contributed by atoms with Crippen molar-refractivity contribution in [3.8, 4) is 0 Å². The van der Waals surface area contributed by atoms with Crippen LogP contribution in [-0.2, 0) is 21.8 Å². The van der Waals surface area contributed by atoms with Crippen LogP contribution < -0.4 is 5.32 Å². The van der Waals surface area contributed by atoms with E-state index in [1.165, 1.54) is 5.56 Å². The van der Waals surface area contributed by atoms with Gasteiger partial charge >= 0.3 is 0 Å². The first-order valence-corrected chi connectivity index (χ1v) is 6.33. The average molecular weight is 227 g/mol. The molecule has 0 fully saturated rings. The number of rotatable bonds is 7. The summed E-state index contributed by atoms with van der Waals surface area (Å²) >= 11 is -1.14. The fraction of sp³-hybridized carbons (Fsp3) is 0.455. The molecule has 0 aromatic heterocycles. The molecule has 1 rings (SSSR count). The van der Waals surface area contributed by atoms with Gasteiger partial charge in [-0.1, -0.05) is 30.3 Å². The van der Waals surface area contributed by atoms with E-state index in [1.54, 1.807) is 0 Å². The topological polar surface area (TPSA) is 38.3 Å². The van der Waals surface area contributed by atoms with Gasteiger partial charge in [0.05, 0.1) is 12.4 Å². The molecule has 84 valence electrons. The van der Waals surface area contributed by atoms with Crippen molar-refractivity contribution in [2.24, 2.45) is 0 Å². The Morgan fingerprint density at radius 3 is 2.73 bits per heavy atom. The van der Waals surface area contributed by atoms with Crippen molar-refractivity contribution in [2.45, 2.75) is 13.5 Å². The zero-order valence-electron chi connectivity index (χ0n) is 8.94. The van der Waals surface area contributed by atoms with E-state index < -0.39 is 11.1 Å². The molecule has 0 heterocycles. The maximum absolute atomic E-state index is 11.1. The quantitative estimate of drug-likeness (QED) is 0.717. The predicted molar refractivity (Wildman–Crippen MR) is 62.8 cm³/mol. The maximum atomic E-state index is 11.1. The highest BCUT2D eigenvalue weighted by molar-refractivity contribution is 7.80. The van der Waals surface area contributed by atoms with Gasteiger partial charge in [-0.15, -0.1) is 0 Å². The first-order chi connectivity index (χ1) is 7.33. The molecule has 4 heteroatoms. The summed E-state index contributed by atoms with van der Waals surface area (Å²) in [5.41, 5.74) is 1.24. The second-order valence-corrected chi connectivity index (χ2v) is 4.33. The SMILES string of the molecule is CCOS(=O)CCNCc1ccccc1. The van der Waals surface area contributed by atoms with Crippen molar-refractivity contribution in [1.29, 1.82) is 0 Å². The molecule has 0 saturated heterocycles. The van der Waals surface area contributed by atoms with Crippen LogP contribution in [0.2, 0.25) is 0 Å². The predicted octanol–water partition coefficient (Wildman–Crippen LogP) is 1.48. The van der Waals surface area contributed by atoms with E-state index >= 15 is 0 Å². The number of benzene rings is 1. The molecule has 1 unspecified atom stereocenters. The first kappa shape index (κ1) is 12.4. The van der Waals surface area contributed by atoms with Crippen LogP contribution in [0.25, 0.3) is 0 Å². The Kier molecular flexibility index (Phi) is 6.23.